The normalized spacial score (nSPS) is 16.9. The molecule has 3 rings (SSSR count). The molecule has 0 spiro atoms. The molecule has 0 saturated carbocycles. The minimum absolute atomic E-state index is 0.983. The smallest absolute Gasteiger partial charge is 0.115 e. The van der Waals surface area contributed by atoms with Crippen molar-refractivity contribution in [1.29, 1.82) is 0 Å². The maximum atomic E-state index is 4.53. The van der Waals surface area contributed by atoms with Crippen molar-refractivity contribution in [2.24, 2.45) is 0 Å². The third kappa shape index (κ3) is 1.64. The number of benzene rings is 1. The Morgan fingerprint density at radius 2 is 1.75 bits per heavy atom. The molecule has 0 atom stereocenters. The Morgan fingerprint density at radius 1 is 1.00 bits per heavy atom. The van der Waals surface area contributed by atoms with Crippen molar-refractivity contribution in [2.45, 2.75) is 26.2 Å². The summed E-state index contributed by atoms with van der Waals surface area (Å²) < 4.78 is 0. The van der Waals surface area contributed by atoms with Crippen LogP contribution in [0.5, 0.6) is 0 Å². The molecule has 0 radical (unpaired) electrons. The molecule has 1 fully saturated rings. The second-order valence-corrected chi connectivity index (χ2v) is 4.47. The van der Waals surface area contributed by atoms with E-state index in [-0.39, 0.29) is 0 Å². The lowest BCUT2D eigenvalue weighted by Gasteiger charge is -2.26. The van der Waals surface area contributed by atoms with E-state index in [1.165, 1.54) is 24.8 Å². The summed E-state index contributed by atoms with van der Waals surface area (Å²) in [6, 6.07) is 6.21. The van der Waals surface area contributed by atoms with Gasteiger partial charge < -0.3 is 0 Å². The van der Waals surface area contributed by atoms with Gasteiger partial charge in [0.15, 0.2) is 0 Å². The predicted molar refractivity (Wildman–Crippen MR) is 64.1 cm³/mol. The summed E-state index contributed by atoms with van der Waals surface area (Å²) in [4.78, 5) is 1.78. The first-order valence-corrected chi connectivity index (χ1v) is 5.92. The van der Waals surface area contributed by atoms with Crippen molar-refractivity contribution in [2.75, 3.05) is 18.1 Å². The van der Waals surface area contributed by atoms with Crippen LogP contribution >= 0.6 is 0 Å². The first kappa shape index (κ1) is 9.63. The Morgan fingerprint density at radius 3 is 2.56 bits per heavy atom. The van der Waals surface area contributed by atoms with E-state index in [2.05, 4.69) is 34.3 Å². The molecule has 0 amide bonds. The number of aromatic nitrogens is 3. The highest BCUT2D eigenvalue weighted by molar-refractivity contribution is 5.74. The van der Waals surface area contributed by atoms with Gasteiger partial charge in [0, 0.05) is 13.1 Å². The van der Waals surface area contributed by atoms with Crippen LogP contribution in [-0.2, 0) is 0 Å². The molecule has 0 aliphatic carbocycles. The first-order chi connectivity index (χ1) is 7.83. The molecule has 1 saturated heterocycles. The van der Waals surface area contributed by atoms with E-state index in [9.17, 15) is 0 Å². The Bertz CT molecular complexity index is 497. The van der Waals surface area contributed by atoms with Gasteiger partial charge in [-0.25, -0.2) is 0 Å². The van der Waals surface area contributed by atoms with Crippen molar-refractivity contribution >= 4 is 11.0 Å². The fraction of sp³-hybridized carbons (Fsp3) is 0.500. The van der Waals surface area contributed by atoms with E-state index < -0.39 is 0 Å². The molecule has 4 heteroatoms. The lowest BCUT2D eigenvalue weighted by Crippen LogP contribution is -2.40. The second kappa shape index (κ2) is 3.77. The number of hydrogen-bond acceptors (Lipinski definition) is 3. The Balaban J connectivity index is 1.97. The van der Waals surface area contributed by atoms with Crippen molar-refractivity contribution in [3.05, 3.63) is 23.8 Å². The lowest BCUT2D eigenvalue weighted by atomic mass is 10.2. The summed E-state index contributed by atoms with van der Waals surface area (Å²) in [6.07, 6.45) is 3.82. The van der Waals surface area contributed by atoms with Gasteiger partial charge in [-0.15, -0.1) is 10.2 Å². The third-order valence-electron chi connectivity index (χ3n) is 3.11. The molecule has 2 heterocycles. The maximum absolute atomic E-state index is 4.53. The van der Waals surface area contributed by atoms with Crippen LogP contribution in [-0.4, -0.2) is 28.2 Å². The van der Waals surface area contributed by atoms with Gasteiger partial charge in [-0.2, -0.15) is 0 Å². The van der Waals surface area contributed by atoms with Gasteiger partial charge in [0.2, 0.25) is 0 Å². The van der Waals surface area contributed by atoms with E-state index in [1.54, 1.807) is 4.91 Å². The van der Waals surface area contributed by atoms with Gasteiger partial charge >= 0.3 is 0 Å². The second-order valence-electron chi connectivity index (χ2n) is 4.47. The molecular weight excluding hydrogens is 200 g/mol. The van der Waals surface area contributed by atoms with E-state index in [0.29, 0.717) is 0 Å². The monoisotopic (exact) mass is 216 g/mol. The summed E-state index contributed by atoms with van der Waals surface area (Å²) in [7, 11) is 0. The predicted octanol–water partition coefficient (Wildman–Crippen LogP) is 1.86. The van der Waals surface area contributed by atoms with Crippen LogP contribution in [0.15, 0.2) is 18.2 Å². The molecule has 1 aliphatic rings. The molecule has 16 heavy (non-hydrogen) atoms. The summed E-state index contributed by atoms with van der Waals surface area (Å²) >= 11 is 0. The fourth-order valence-corrected chi connectivity index (χ4v) is 2.20. The van der Waals surface area contributed by atoms with Crippen LogP contribution in [0.4, 0.5) is 0 Å². The quantitative estimate of drug-likeness (QED) is 0.729. The van der Waals surface area contributed by atoms with Crippen molar-refractivity contribution in [3.63, 3.8) is 0 Å². The number of aryl methyl sites for hydroxylation is 1. The van der Waals surface area contributed by atoms with Crippen molar-refractivity contribution in [3.8, 4) is 0 Å². The van der Waals surface area contributed by atoms with Crippen LogP contribution in [0.3, 0.4) is 0 Å². The zero-order chi connectivity index (χ0) is 11.0. The third-order valence-corrected chi connectivity index (χ3v) is 3.11. The van der Waals surface area contributed by atoms with Crippen molar-refractivity contribution in [1.82, 2.24) is 15.1 Å². The van der Waals surface area contributed by atoms with Crippen molar-refractivity contribution < 1.29 is 0 Å². The summed E-state index contributed by atoms with van der Waals surface area (Å²) in [5.74, 6) is 0. The zero-order valence-electron chi connectivity index (χ0n) is 9.56. The Labute approximate surface area is 94.8 Å². The van der Waals surface area contributed by atoms with E-state index in [4.69, 9.17) is 0 Å². The van der Waals surface area contributed by atoms with Crippen LogP contribution in [0.25, 0.3) is 11.0 Å². The topological polar surface area (TPSA) is 34.0 Å². The minimum atomic E-state index is 0.983. The Kier molecular flexibility index (Phi) is 2.27. The van der Waals surface area contributed by atoms with Gasteiger partial charge in [-0.05, 0) is 43.9 Å². The average Bonchev–Trinajstić information content (AvgIpc) is 2.73. The molecular formula is C12H16N4. The molecule has 84 valence electrons. The number of hydrogen-bond donors (Lipinski definition) is 0. The lowest BCUT2D eigenvalue weighted by molar-refractivity contribution is 0.416. The SMILES string of the molecule is Cc1ccc2nn(N3CCCCC3)nc2c1. The first-order valence-electron chi connectivity index (χ1n) is 5.92. The van der Waals surface area contributed by atoms with Gasteiger partial charge in [0.25, 0.3) is 0 Å². The summed E-state index contributed by atoms with van der Waals surface area (Å²) in [5, 5.41) is 11.3. The number of nitrogens with zero attached hydrogens (tertiary/aromatic N) is 4. The molecule has 0 bridgehead atoms. The van der Waals surface area contributed by atoms with Crippen LogP contribution in [0.2, 0.25) is 0 Å². The summed E-state index contributed by atoms with van der Waals surface area (Å²) in [6.45, 7) is 4.22. The molecule has 1 aromatic heterocycles. The standard InChI is InChI=1S/C12H16N4/c1-10-5-6-11-12(9-10)14-16(13-11)15-7-3-2-4-8-15/h5-6,9H,2-4,7-8H2,1H3. The Hall–Kier alpha value is -1.58. The molecule has 4 nitrogen and oxygen atoms in total. The highest BCUT2D eigenvalue weighted by Gasteiger charge is 2.13. The molecule has 2 aromatic rings. The van der Waals surface area contributed by atoms with Gasteiger partial charge in [-0.3, -0.25) is 5.01 Å². The van der Waals surface area contributed by atoms with Gasteiger partial charge in [0.05, 0.1) is 0 Å². The number of piperidine rings is 1. The van der Waals surface area contributed by atoms with E-state index in [0.717, 1.165) is 24.1 Å². The minimum Gasteiger partial charge on any atom is -0.280 e. The number of fused-ring (bicyclic) bond motifs is 1. The maximum Gasteiger partial charge on any atom is 0.115 e. The highest BCUT2D eigenvalue weighted by Crippen LogP contribution is 2.13. The highest BCUT2D eigenvalue weighted by atomic mass is 15.8. The van der Waals surface area contributed by atoms with Gasteiger partial charge in [0.1, 0.15) is 11.0 Å². The zero-order valence-corrected chi connectivity index (χ0v) is 9.56. The molecule has 0 unspecified atom stereocenters. The fourth-order valence-electron chi connectivity index (χ4n) is 2.20. The summed E-state index contributed by atoms with van der Waals surface area (Å²) in [5.41, 5.74) is 3.21. The van der Waals surface area contributed by atoms with Crippen LogP contribution in [0.1, 0.15) is 24.8 Å². The van der Waals surface area contributed by atoms with Crippen LogP contribution < -0.4 is 5.01 Å². The van der Waals surface area contributed by atoms with E-state index in [1.807, 2.05) is 6.07 Å². The van der Waals surface area contributed by atoms with Gasteiger partial charge in [-0.1, -0.05) is 11.0 Å². The van der Waals surface area contributed by atoms with E-state index >= 15 is 0 Å². The average molecular weight is 216 g/mol. The molecule has 1 aromatic carbocycles. The molecule has 0 N–H and O–H groups in total. The largest absolute Gasteiger partial charge is 0.280 e. The van der Waals surface area contributed by atoms with Crippen LogP contribution in [0, 0.1) is 6.92 Å². The number of rotatable bonds is 1. The molecule has 1 aliphatic heterocycles.